The molecule has 0 radical (unpaired) electrons. The molecule has 0 saturated heterocycles. The van der Waals surface area contributed by atoms with Gasteiger partial charge in [0.05, 0.1) is 11.4 Å². The van der Waals surface area contributed by atoms with Crippen molar-refractivity contribution >= 4 is 45.0 Å². The van der Waals surface area contributed by atoms with Crippen LogP contribution in [0.3, 0.4) is 0 Å². The molecule has 0 aliphatic carbocycles. The number of carbonyl (C=O) groups excluding carboxylic acids is 2. The lowest BCUT2D eigenvalue weighted by atomic mass is 9.97. The number of amides is 4. The normalized spacial score (nSPS) is 10.7. The Hall–Kier alpha value is -4.06. The second-order valence-corrected chi connectivity index (χ2v) is 6.46. The number of carbonyl (C=O) groups is 2. The number of urea groups is 2. The second kappa shape index (κ2) is 6.92. The van der Waals surface area contributed by atoms with E-state index in [9.17, 15) is 9.59 Å². The third-order valence-corrected chi connectivity index (χ3v) is 4.61. The lowest BCUT2D eigenvalue weighted by Gasteiger charge is -2.11. The lowest BCUT2D eigenvalue weighted by molar-refractivity contribution is 0.258. The number of anilines is 2. The number of primary amides is 2. The Morgan fingerprint density at radius 1 is 0.607 bits per heavy atom. The van der Waals surface area contributed by atoms with Gasteiger partial charge in [0.1, 0.15) is 0 Å². The number of nitrogens with one attached hydrogen (secondary N) is 2. The van der Waals surface area contributed by atoms with Gasteiger partial charge < -0.3 is 22.1 Å². The molecule has 4 aromatic rings. The van der Waals surface area contributed by atoms with Crippen LogP contribution in [0.15, 0.2) is 72.8 Å². The fourth-order valence-corrected chi connectivity index (χ4v) is 3.39. The molecule has 4 amide bonds. The first-order chi connectivity index (χ1) is 13.5. The number of rotatable bonds is 3. The van der Waals surface area contributed by atoms with Crippen molar-refractivity contribution in [3.63, 3.8) is 0 Å². The van der Waals surface area contributed by atoms with E-state index < -0.39 is 12.1 Å². The van der Waals surface area contributed by atoms with Gasteiger partial charge >= 0.3 is 12.1 Å². The Morgan fingerprint density at radius 2 is 1.04 bits per heavy atom. The van der Waals surface area contributed by atoms with Crippen LogP contribution in [0, 0.1) is 0 Å². The summed E-state index contributed by atoms with van der Waals surface area (Å²) >= 11 is 0. The molecule has 6 N–H and O–H groups in total. The van der Waals surface area contributed by atoms with Crippen molar-refractivity contribution < 1.29 is 9.59 Å². The zero-order valence-corrected chi connectivity index (χ0v) is 14.9. The van der Waals surface area contributed by atoms with Gasteiger partial charge in [-0.25, -0.2) is 9.59 Å². The molecule has 0 aliphatic heterocycles. The summed E-state index contributed by atoms with van der Waals surface area (Å²) in [7, 11) is 0. The van der Waals surface area contributed by atoms with Gasteiger partial charge in [-0.2, -0.15) is 0 Å². The maximum Gasteiger partial charge on any atom is 0.316 e. The number of nitrogens with two attached hydrogens (primary N) is 2. The van der Waals surface area contributed by atoms with Crippen LogP contribution < -0.4 is 22.1 Å². The van der Waals surface area contributed by atoms with Crippen LogP contribution in [0.4, 0.5) is 21.0 Å². The molecule has 0 heterocycles. The monoisotopic (exact) mass is 370 g/mol. The molecule has 0 spiro atoms. The first-order valence-corrected chi connectivity index (χ1v) is 8.70. The molecule has 0 aromatic heterocycles. The highest BCUT2D eigenvalue weighted by Crippen LogP contribution is 2.32. The Bertz CT molecular complexity index is 1140. The van der Waals surface area contributed by atoms with Gasteiger partial charge in [-0.1, -0.05) is 48.5 Å². The molecule has 28 heavy (non-hydrogen) atoms. The Morgan fingerprint density at radius 3 is 1.43 bits per heavy atom. The van der Waals surface area contributed by atoms with Gasteiger partial charge in [-0.05, 0) is 46.2 Å². The summed E-state index contributed by atoms with van der Waals surface area (Å²) < 4.78 is 0. The predicted molar refractivity (Wildman–Crippen MR) is 113 cm³/mol. The zero-order valence-electron chi connectivity index (χ0n) is 14.9. The van der Waals surface area contributed by atoms with Gasteiger partial charge in [-0.3, -0.25) is 0 Å². The number of fused-ring (bicyclic) bond motifs is 2. The van der Waals surface area contributed by atoms with Crippen molar-refractivity contribution in [1.82, 2.24) is 0 Å². The minimum atomic E-state index is -0.606. The van der Waals surface area contributed by atoms with Crippen molar-refractivity contribution in [2.45, 2.75) is 0 Å². The van der Waals surface area contributed by atoms with Crippen LogP contribution >= 0.6 is 0 Å². The highest BCUT2D eigenvalue weighted by atomic mass is 16.2. The number of hydrogen-bond acceptors (Lipinski definition) is 2. The van der Waals surface area contributed by atoms with Crippen LogP contribution in [-0.2, 0) is 0 Å². The molecule has 0 saturated carbocycles. The summed E-state index contributed by atoms with van der Waals surface area (Å²) in [6.07, 6.45) is 0. The molecule has 0 aliphatic rings. The minimum Gasteiger partial charge on any atom is -0.351 e. The predicted octanol–water partition coefficient (Wildman–Crippen LogP) is 4.64. The van der Waals surface area contributed by atoms with Crippen LogP contribution in [0.1, 0.15) is 0 Å². The lowest BCUT2D eigenvalue weighted by Crippen LogP contribution is -2.19. The smallest absolute Gasteiger partial charge is 0.316 e. The second-order valence-electron chi connectivity index (χ2n) is 6.46. The van der Waals surface area contributed by atoms with Crippen molar-refractivity contribution in [3.8, 4) is 11.1 Å². The topological polar surface area (TPSA) is 110 Å². The van der Waals surface area contributed by atoms with E-state index in [2.05, 4.69) is 10.6 Å². The van der Waals surface area contributed by atoms with E-state index in [1.54, 1.807) is 0 Å². The summed E-state index contributed by atoms with van der Waals surface area (Å²) in [4.78, 5) is 22.6. The SMILES string of the molecule is NC(=O)Nc1cccc2ccc(-c3ccc4cccc(NC(N)=O)c4c3)cc12. The molecule has 0 unspecified atom stereocenters. The Labute approximate surface area is 161 Å². The van der Waals surface area contributed by atoms with E-state index in [-0.39, 0.29) is 0 Å². The minimum absolute atomic E-state index is 0.606. The highest BCUT2D eigenvalue weighted by molar-refractivity contribution is 6.05. The van der Waals surface area contributed by atoms with Gasteiger partial charge in [0.15, 0.2) is 0 Å². The van der Waals surface area contributed by atoms with Crippen molar-refractivity contribution in [3.05, 3.63) is 72.8 Å². The molecule has 6 nitrogen and oxygen atoms in total. The summed E-state index contributed by atoms with van der Waals surface area (Å²) in [5.74, 6) is 0. The van der Waals surface area contributed by atoms with E-state index in [0.717, 1.165) is 32.7 Å². The van der Waals surface area contributed by atoms with E-state index in [4.69, 9.17) is 11.5 Å². The average Bonchev–Trinajstić information content (AvgIpc) is 2.67. The summed E-state index contributed by atoms with van der Waals surface area (Å²) in [6, 6.07) is 22.1. The molecule has 6 heteroatoms. The Balaban J connectivity index is 1.86. The molecular weight excluding hydrogens is 352 g/mol. The molecule has 4 rings (SSSR count). The van der Waals surface area contributed by atoms with Crippen molar-refractivity contribution in [2.75, 3.05) is 10.6 Å². The third kappa shape index (κ3) is 3.31. The van der Waals surface area contributed by atoms with Crippen molar-refractivity contribution in [1.29, 1.82) is 0 Å². The first-order valence-electron chi connectivity index (χ1n) is 8.70. The van der Waals surface area contributed by atoms with Crippen LogP contribution in [0.2, 0.25) is 0 Å². The number of benzene rings is 4. The zero-order chi connectivity index (χ0) is 19.7. The summed E-state index contributed by atoms with van der Waals surface area (Å²) in [5.41, 5.74) is 13.8. The fourth-order valence-electron chi connectivity index (χ4n) is 3.39. The van der Waals surface area contributed by atoms with Crippen LogP contribution in [0.5, 0.6) is 0 Å². The van der Waals surface area contributed by atoms with E-state index in [1.807, 2.05) is 72.8 Å². The molecule has 4 aromatic carbocycles. The Kier molecular flexibility index (Phi) is 4.29. The molecule has 0 bridgehead atoms. The molecular formula is C22H18N4O2. The van der Waals surface area contributed by atoms with Crippen LogP contribution in [-0.4, -0.2) is 12.1 Å². The van der Waals surface area contributed by atoms with Gasteiger partial charge in [0.25, 0.3) is 0 Å². The summed E-state index contributed by atoms with van der Waals surface area (Å²) in [6.45, 7) is 0. The van der Waals surface area contributed by atoms with Gasteiger partial charge in [-0.15, -0.1) is 0 Å². The average molecular weight is 370 g/mol. The van der Waals surface area contributed by atoms with E-state index in [0.29, 0.717) is 11.4 Å². The fraction of sp³-hybridized carbons (Fsp3) is 0. The molecule has 0 fully saturated rings. The third-order valence-electron chi connectivity index (χ3n) is 4.61. The van der Waals surface area contributed by atoms with Crippen LogP contribution in [0.25, 0.3) is 32.7 Å². The maximum absolute atomic E-state index is 11.3. The van der Waals surface area contributed by atoms with Gasteiger partial charge in [0.2, 0.25) is 0 Å². The maximum atomic E-state index is 11.3. The quantitative estimate of drug-likeness (QED) is 0.421. The standard InChI is InChI=1S/C22H18N4O2/c23-21(27)25-19-5-1-3-13-7-9-15(11-17(13)19)16-10-8-14-4-2-6-20(18(14)12-16)26-22(24)28/h1-12H,(H3,23,25,27)(H3,24,26,28). The van der Waals surface area contributed by atoms with Gasteiger partial charge in [0, 0.05) is 10.8 Å². The first kappa shape index (κ1) is 17.4. The summed E-state index contributed by atoms with van der Waals surface area (Å²) in [5, 5.41) is 9.10. The largest absolute Gasteiger partial charge is 0.351 e. The molecule has 0 atom stereocenters. The molecule has 138 valence electrons. The van der Waals surface area contributed by atoms with E-state index in [1.165, 1.54) is 0 Å². The van der Waals surface area contributed by atoms with E-state index >= 15 is 0 Å². The van der Waals surface area contributed by atoms with Crippen molar-refractivity contribution in [2.24, 2.45) is 11.5 Å². The number of hydrogen-bond donors (Lipinski definition) is 4. The highest BCUT2D eigenvalue weighted by Gasteiger charge is 2.08.